The first kappa shape index (κ1) is 21.5. The molecule has 2 aromatic rings. The molecule has 2 aromatic carbocycles. The van der Waals surface area contributed by atoms with Gasteiger partial charge in [0.2, 0.25) is 15.9 Å². The molecule has 0 atom stereocenters. The van der Waals surface area contributed by atoms with Crippen LogP contribution < -0.4 is 15.6 Å². The summed E-state index contributed by atoms with van der Waals surface area (Å²) in [7, 11) is -3.75. The van der Waals surface area contributed by atoms with Gasteiger partial charge in [-0.3, -0.25) is 15.6 Å². The summed E-state index contributed by atoms with van der Waals surface area (Å²) >= 11 is 0. The molecule has 0 aliphatic heterocycles. The van der Waals surface area contributed by atoms with Crippen LogP contribution >= 0.6 is 0 Å². The third kappa shape index (κ3) is 7.05. The average Bonchev–Trinajstić information content (AvgIpc) is 2.65. The van der Waals surface area contributed by atoms with Crippen molar-refractivity contribution < 1.29 is 26.4 Å². The van der Waals surface area contributed by atoms with Gasteiger partial charge in [0.15, 0.2) is 0 Å². The number of rotatable bonds is 8. The van der Waals surface area contributed by atoms with E-state index < -0.39 is 27.7 Å². The number of amides is 1. The number of alkyl halides is 3. The molecule has 1 amide bonds. The van der Waals surface area contributed by atoms with Crippen molar-refractivity contribution >= 4 is 27.7 Å². The fourth-order valence-electron chi connectivity index (χ4n) is 2.13. The summed E-state index contributed by atoms with van der Waals surface area (Å²) in [5.74, 6) is -0.674. The molecule has 6 nitrogen and oxygen atoms in total. The molecule has 0 saturated heterocycles. The van der Waals surface area contributed by atoms with Crippen LogP contribution in [0.4, 0.5) is 18.9 Å². The molecular weight excluding hydrogens is 395 g/mol. The van der Waals surface area contributed by atoms with E-state index >= 15 is 0 Å². The van der Waals surface area contributed by atoms with Crippen LogP contribution in [0.25, 0.3) is 6.08 Å². The highest BCUT2D eigenvalue weighted by atomic mass is 32.2. The second kappa shape index (κ2) is 9.38. The Balaban J connectivity index is 1.81. The summed E-state index contributed by atoms with van der Waals surface area (Å²) < 4.78 is 64.5. The van der Waals surface area contributed by atoms with Gasteiger partial charge in [-0.1, -0.05) is 42.5 Å². The van der Waals surface area contributed by atoms with Gasteiger partial charge in [-0.25, -0.2) is 13.1 Å². The number of nitrogens with one attached hydrogen (secondary N) is 3. The smallest absolute Gasteiger partial charge is 0.298 e. The fourth-order valence-corrected chi connectivity index (χ4v) is 2.95. The van der Waals surface area contributed by atoms with Gasteiger partial charge in [0.1, 0.15) is 0 Å². The van der Waals surface area contributed by atoms with E-state index in [9.17, 15) is 26.4 Å². The first-order valence-electron chi connectivity index (χ1n) is 8.11. The lowest BCUT2D eigenvalue weighted by atomic mass is 10.2. The van der Waals surface area contributed by atoms with Crippen LogP contribution in [0.3, 0.4) is 0 Å². The van der Waals surface area contributed by atoms with Crippen LogP contribution in [0.5, 0.6) is 0 Å². The molecule has 0 aliphatic carbocycles. The van der Waals surface area contributed by atoms with Crippen LogP contribution in [0.1, 0.15) is 17.5 Å². The molecule has 150 valence electrons. The number of para-hydroxylation sites is 1. The van der Waals surface area contributed by atoms with Crippen molar-refractivity contribution in [2.24, 2.45) is 0 Å². The first-order chi connectivity index (χ1) is 13.2. The van der Waals surface area contributed by atoms with Crippen molar-refractivity contribution in [1.29, 1.82) is 0 Å². The Morgan fingerprint density at radius 1 is 1.00 bits per heavy atom. The van der Waals surface area contributed by atoms with Crippen LogP contribution in [0, 0.1) is 0 Å². The van der Waals surface area contributed by atoms with E-state index in [1.165, 1.54) is 24.3 Å². The maximum Gasteiger partial charge on any atom is 0.418 e. The Bertz CT molecular complexity index is 930. The number of hydrogen-bond acceptors (Lipinski definition) is 4. The van der Waals surface area contributed by atoms with Crippen LogP contribution in [0.15, 0.2) is 60.0 Å². The molecule has 0 aliphatic rings. The summed E-state index contributed by atoms with van der Waals surface area (Å²) in [6.45, 7) is -0.212. The van der Waals surface area contributed by atoms with E-state index in [2.05, 4.69) is 15.6 Å². The number of hydrazine groups is 1. The van der Waals surface area contributed by atoms with Gasteiger partial charge in [-0.05, 0) is 23.8 Å². The quantitative estimate of drug-likeness (QED) is 0.581. The molecule has 0 radical (unpaired) electrons. The number of hydrogen-bond donors (Lipinski definition) is 3. The predicted octanol–water partition coefficient (Wildman–Crippen LogP) is 3.13. The molecule has 0 spiro atoms. The van der Waals surface area contributed by atoms with Crippen molar-refractivity contribution in [2.45, 2.75) is 12.6 Å². The highest BCUT2D eigenvalue weighted by Gasteiger charge is 2.33. The molecule has 10 heteroatoms. The Morgan fingerprint density at radius 3 is 2.32 bits per heavy atom. The van der Waals surface area contributed by atoms with E-state index in [0.29, 0.717) is 5.56 Å². The van der Waals surface area contributed by atoms with E-state index in [1.807, 2.05) is 0 Å². The molecule has 0 aromatic heterocycles. The van der Waals surface area contributed by atoms with E-state index in [-0.39, 0.29) is 18.7 Å². The second-order valence-corrected chi connectivity index (χ2v) is 7.27. The monoisotopic (exact) mass is 413 g/mol. The zero-order valence-corrected chi connectivity index (χ0v) is 15.3. The molecule has 0 unspecified atom stereocenters. The third-order valence-electron chi connectivity index (χ3n) is 3.46. The molecule has 28 heavy (non-hydrogen) atoms. The number of benzene rings is 2. The largest absolute Gasteiger partial charge is 0.418 e. The normalized spacial score (nSPS) is 12.1. The molecule has 0 heterocycles. The Kier molecular flexibility index (Phi) is 7.18. The van der Waals surface area contributed by atoms with E-state index in [1.54, 1.807) is 30.3 Å². The Morgan fingerprint density at radius 2 is 1.64 bits per heavy atom. The number of sulfonamides is 1. The van der Waals surface area contributed by atoms with Gasteiger partial charge >= 0.3 is 6.18 Å². The lowest BCUT2D eigenvalue weighted by Crippen LogP contribution is -2.33. The summed E-state index contributed by atoms with van der Waals surface area (Å²) in [6, 6.07) is 13.4. The van der Waals surface area contributed by atoms with Crippen LogP contribution in [0.2, 0.25) is 0 Å². The van der Waals surface area contributed by atoms with Gasteiger partial charge in [0.25, 0.3) is 0 Å². The van der Waals surface area contributed by atoms with Crippen LogP contribution in [-0.2, 0) is 21.0 Å². The Labute approximate surface area is 160 Å². The molecule has 2 rings (SSSR count). The second-order valence-electron chi connectivity index (χ2n) is 5.62. The van der Waals surface area contributed by atoms with Gasteiger partial charge in [-0.15, -0.1) is 0 Å². The highest BCUT2D eigenvalue weighted by molar-refractivity contribution is 7.92. The molecule has 0 bridgehead atoms. The lowest BCUT2D eigenvalue weighted by molar-refractivity contribution is -0.137. The summed E-state index contributed by atoms with van der Waals surface area (Å²) in [4.78, 5) is 11.7. The van der Waals surface area contributed by atoms with E-state index in [0.717, 1.165) is 11.5 Å². The number of carbonyl (C=O) groups is 1. The van der Waals surface area contributed by atoms with Crippen molar-refractivity contribution in [3.63, 3.8) is 0 Å². The maximum atomic E-state index is 12.9. The standard InChI is InChI=1S/C18H18F3N3O3S/c19-18(20,21)15-8-4-5-9-16(15)23-24-17(25)10-12-22-28(26,27)13-11-14-6-2-1-3-7-14/h1-9,11,13,22-23H,10,12H2,(H,24,25)/b13-11+. The highest BCUT2D eigenvalue weighted by Crippen LogP contribution is 2.34. The topological polar surface area (TPSA) is 87.3 Å². The Hall–Kier alpha value is -2.85. The average molecular weight is 413 g/mol. The molecular formula is C18H18F3N3O3S. The minimum absolute atomic E-state index is 0.212. The zero-order valence-electron chi connectivity index (χ0n) is 14.5. The van der Waals surface area contributed by atoms with Gasteiger partial charge in [0.05, 0.1) is 11.3 Å². The third-order valence-corrected chi connectivity index (χ3v) is 4.56. The van der Waals surface area contributed by atoms with Gasteiger partial charge < -0.3 is 0 Å². The van der Waals surface area contributed by atoms with Crippen molar-refractivity contribution in [2.75, 3.05) is 12.0 Å². The molecule has 3 N–H and O–H groups in total. The number of anilines is 1. The molecule has 0 fully saturated rings. The minimum atomic E-state index is -4.57. The minimum Gasteiger partial charge on any atom is -0.298 e. The van der Waals surface area contributed by atoms with Crippen molar-refractivity contribution in [1.82, 2.24) is 10.1 Å². The van der Waals surface area contributed by atoms with Crippen LogP contribution in [-0.4, -0.2) is 20.9 Å². The van der Waals surface area contributed by atoms with Crippen molar-refractivity contribution in [3.8, 4) is 0 Å². The summed E-state index contributed by atoms with van der Waals surface area (Å²) in [6.07, 6.45) is -3.44. The predicted molar refractivity (Wildman–Crippen MR) is 100 cm³/mol. The van der Waals surface area contributed by atoms with Gasteiger partial charge in [0, 0.05) is 18.4 Å². The SMILES string of the molecule is O=C(CCNS(=O)(=O)/C=C/c1ccccc1)NNc1ccccc1C(F)(F)F. The zero-order chi connectivity index (χ0) is 20.6. The molecule has 0 saturated carbocycles. The summed E-state index contributed by atoms with van der Waals surface area (Å²) in [5.41, 5.74) is 3.77. The fraction of sp³-hybridized carbons (Fsp3) is 0.167. The summed E-state index contributed by atoms with van der Waals surface area (Å²) in [5, 5.41) is 0.970. The van der Waals surface area contributed by atoms with Crippen molar-refractivity contribution in [3.05, 3.63) is 71.1 Å². The maximum absolute atomic E-state index is 12.9. The van der Waals surface area contributed by atoms with E-state index in [4.69, 9.17) is 0 Å². The first-order valence-corrected chi connectivity index (χ1v) is 9.66. The number of carbonyl (C=O) groups excluding carboxylic acids is 1. The number of halogens is 3. The lowest BCUT2D eigenvalue weighted by Gasteiger charge is -2.14. The van der Waals surface area contributed by atoms with Gasteiger partial charge in [-0.2, -0.15) is 13.2 Å².